The average Bonchev–Trinajstić information content (AvgIpc) is 2.82. The molecule has 124 valence electrons. The first-order valence-corrected chi connectivity index (χ1v) is 8.23. The average molecular weight is 323 g/mol. The second-order valence-electron chi connectivity index (χ2n) is 6.13. The van der Waals surface area contributed by atoms with Crippen molar-refractivity contribution in [2.24, 2.45) is 0 Å². The number of unbranched alkanes of at least 4 members (excludes halogenated alkanes) is 1. The zero-order valence-corrected chi connectivity index (χ0v) is 14.0. The monoisotopic (exact) mass is 323 g/mol. The molecular formula is C20H21NO3. The van der Waals surface area contributed by atoms with Crippen LogP contribution in [0.4, 0.5) is 5.69 Å². The minimum absolute atomic E-state index is 0.405. The van der Waals surface area contributed by atoms with Crippen LogP contribution in [0.3, 0.4) is 0 Å². The Morgan fingerprint density at radius 1 is 1.00 bits per heavy atom. The van der Waals surface area contributed by atoms with Gasteiger partial charge in [0.1, 0.15) is 5.75 Å². The maximum Gasteiger partial charge on any atom is 0.299 e. The van der Waals surface area contributed by atoms with Crippen molar-refractivity contribution in [3.63, 3.8) is 0 Å². The molecule has 0 fully saturated rings. The number of rotatable bonds is 6. The van der Waals surface area contributed by atoms with Crippen molar-refractivity contribution < 1.29 is 14.3 Å². The number of Topliss-reactive ketones (excluding diaryl/α,β-unsaturated/α-hetero) is 1. The Morgan fingerprint density at radius 3 is 2.62 bits per heavy atom. The zero-order valence-electron chi connectivity index (χ0n) is 14.0. The van der Waals surface area contributed by atoms with E-state index in [-0.39, 0.29) is 0 Å². The molecule has 0 spiro atoms. The van der Waals surface area contributed by atoms with Crippen LogP contribution in [-0.4, -0.2) is 24.8 Å². The van der Waals surface area contributed by atoms with Gasteiger partial charge in [-0.1, -0.05) is 24.3 Å². The van der Waals surface area contributed by atoms with E-state index in [4.69, 9.17) is 4.74 Å². The summed E-state index contributed by atoms with van der Waals surface area (Å²) in [4.78, 5) is 25.6. The quantitative estimate of drug-likeness (QED) is 0.601. The summed E-state index contributed by atoms with van der Waals surface area (Å²) in [5.74, 6) is 0.0802. The van der Waals surface area contributed by atoms with Crippen LogP contribution in [0.5, 0.6) is 5.75 Å². The van der Waals surface area contributed by atoms with Crippen molar-refractivity contribution in [1.82, 2.24) is 0 Å². The fraction of sp³-hybridized carbons (Fsp3) is 0.300. The number of nitrogens with zero attached hydrogens (tertiary/aromatic N) is 1. The van der Waals surface area contributed by atoms with Gasteiger partial charge in [-0.15, -0.1) is 0 Å². The van der Waals surface area contributed by atoms with E-state index in [9.17, 15) is 9.59 Å². The van der Waals surface area contributed by atoms with Gasteiger partial charge in [0.25, 0.3) is 11.7 Å². The summed E-state index contributed by atoms with van der Waals surface area (Å²) in [6.45, 7) is 5.21. The second-order valence-corrected chi connectivity index (χ2v) is 6.13. The Hall–Kier alpha value is -2.62. The Balaban J connectivity index is 1.51. The minimum Gasteiger partial charge on any atom is -0.493 e. The molecule has 1 heterocycles. The molecule has 3 rings (SSSR count). The SMILES string of the molecule is Cc1ccc(C)c(OCCCCN2C(=O)C(=O)c3ccccc32)c1. The molecule has 24 heavy (non-hydrogen) atoms. The predicted octanol–water partition coefficient (Wildman–Crippen LogP) is 3.69. The van der Waals surface area contributed by atoms with Crippen molar-refractivity contribution in [3.8, 4) is 5.75 Å². The molecule has 2 aromatic carbocycles. The van der Waals surface area contributed by atoms with Crippen LogP contribution in [-0.2, 0) is 4.79 Å². The van der Waals surface area contributed by atoms with Gasteiger partial charge in [0.2, 0.25) is 0 Å². The lowest BCUT2D eigenvalue weighted by Crippen LogP contribution is -2.30. The molecule has 4 nitrogen and oxygen atoms in total. The van der Waals surface area contributed by atoms with Crippen LogP contribution in [0.2, 0.25) is 0 Å². The third kappa shape index (κ3) is 3.18. The lowest BCUT2D eigenvalue weighted by molar-refractivity contribution is -0.114. The number of carbonyl (C=O) groups excluding carboxylic acids is 2. The number of ketones is 1. The van der Waals surface area contributed by atoms with Gasteiger partial charge in [0, 0.05) is 6.54 Å². The van der Waals surface area contributed by atoms with E-state index >= 15 is 0 Å². The number of hydrogen-bond donors (Lipinski definition) is 0. The Morgan fingerprint density at radius 2 is 1.79 bits per heavy atom. The summed E-state index contributed by atoms with van der Waals surface area (Å²) in [6, 6.07) is 13.3. The van der Waals surface area contributed by atoms with E-state index in [1.807, 2.05) is 32.0 Å². The number of ether oxygens (including phenoxy) is 1. The fourth-order valence-electron chi connectivity index (χ4n) is 2.89. The first-order valence-electron chi connectivity index (χ1n) is 8.23. The van der Waals surface area contributed by atoms with Gasteiger partial charge < -0.3 is 9.64 Å². The number of carbonyl (C=O) groups is 2. The van der Waals surface area contributed by atoms with Crippen molar-refractivity contribution in [2.75, 3.05) is 18.1 Å². The van der Waals surface area contributed by atoms with Crippen LogP contribution in [0.25, 0.3) is 0 Å². The van der Waals surface area contributed by atoms with E-state index < -0.39 is 11.7 Å². The van der Waals surface area contributed by atoms with Crippen molar-refractivity contribution in [1.29, 1.82) is 0 Å². The summed E-state index contributed by atoms with van der Waals surface area (Å²) >= 11 is 0. The molecule has 0 aliphatic carbocycles. The van der Waals surface area contributed by atoms with Gasteiger partial charge in [-0.2, -0.15) is 0 Å². The first kappa shape index (κ1) is 16.2. The molecule has 2 aromatic rings. The van der Waals surface area contributed by atoms with Crippen LogP contribution in [0.15, 0.2) is 42.5 Å². The molecular weight excluding hydrogens is 302 g/mol. The number of amides is 1. The van der Waals surface area contributed by atoms with E-state index in [1.54, 1.807) is 17.0 Å². The number of fused-ring (bicyclic) bond motifs is 1. The molecule has 0 aromatic heterocycles. The van der Waals surface area contributed by atoms with Gasteiger partial charge in [0.15, 0.2) is 0 Å². The highest BCUT2D eigenvalue weighted by atomic mass is 16.5. The number of anilines is 1. The third-order valence-electron chi connectivity index (χ3n) is 4.26. The molecule has 0 N–H and O–H groups in total. The largest absolute Gasteiger partial charge is 0.493 e. The highest BCUT2D eigenvalue weighted by Gasteiger charge is 2.34. The standard InChI is InChI=1S/C20H21NO3/c1-14-9-10-15(2)18(13-14)24-12-6-5-11-21-17-8-4-3-7-16(17)19(22)20(21)23/h3-4,7-10,13H,5-6,11-12H2,1-2H3. The van der Waals surface area contributed by atoms with Crippen molar-refractivity contribution in [2.45, 2.75) is 26.7 Å². The Kier molecular flexibility index (Phi) is 4.65. The van der Waals surface area contributed by atoms with E-state index in [1.165, 1.54) is 5.56 Å². The molecule has 1 aliphatic rings. The number of hydrogen-bond acceptors (Lipinski definition) is 3. The van der Waals surface area contributed by atoms with Crippen LogP contribution in [0, 0.1) is 13.8 Å². The number of para-hydroxylation sites is 1. The van der Waals surface area contributed by atoms with E-state index in [2.05, 4.69) is 12.1 Å². The number of benzene rings is 2. The summed E-state index contributed by atoms with van der Waals surface area (Å²) < 4.78 is 5.83. The van der Waals surface area contributed by atoms with E-state index in [0.717, 1.165) is 29.8 Å². The molecule has 4 heteroatoms. The van der Waals surface area contributed by atoms with Crippen molar-refractivity contribution >= 4 is 17.4 Å². The fourth-order valence-corrected chi connectivity index (χ4v) is 2.89. The summed E-state index contributed by atoms with van der Waals surface area (Å²) in [7, 11) is 0. The molecule has 0 unspecified atom stereocenters. The van der Waals surface area contributed by atoms with Gasteiger partial charge >= 0.3 is 0 Å². The van der Waals surface area contributed by atoms with Crippen LogP contribution in [0.1, 0.15) is 34.3 Å². The highest BCUT2D eigenvalue weighted by molar-refractivity contribution is 6.52. The molecule has 0 saturated heterocycles. The van der Waals surface area contributed by atoms with Gasteiger partial charge in [0.05, 0.1) is 17.9 Å². The molecule has 1 aliphatic heterocycles. The van der Waals surface area contributed by atoms with Gasteiger partial charge in [-0.25, -0.2) is 0 Å². The van der Waals surface area contributed by atoms with E-state index in [0.29, 0.717) is 18.7 Å². The summed E-state index contributed by atoms with van der Waals surface area (Å²) in [5.41, 5.74) is 3.53. The molecule has 0 saturated carbocycles. The van der Waals surface area contributed by atoms with Gasteiger partial charge in [-0.05, 0) is 56.0 Å². The second kappa shape index (κ2) is 6.87. The lowest BCUT2D eigenvalue weighted by atomic mass is 10.1. The smallest absolute Gasteiger partial charge is 0.299 e. The number of aryl methyl sites for hydroxylation is 2. The third-order valence-corrected chi connectivity index (χ3v) is 4.26. The Labute approximate surface area is 142 Å². The van der Waals surface area contributed by atoms with Crippen LogP contribution >= 0.6 is 0 Å². The summed E-state index contributed by atoms with van der Waals surface area (Å²) in [6.07, 6.45) is 1.62. The topological polar surface area (TPSA) is 46.6 Å². The first-order chi connectivity index (χ1) is 11.6. The Bertz CT molecular complexity index is 782. The highest BCUT2D eigenvalue weighted by Crippen LogP contribution is 2.28. The molecule has 0 radical (unpaired) electrons. The minimum atomic E-state index is -0.424. The maximum absolute atomic E-state index is 12.1. The normalized spacial score (nSPS) is 13.3. The maximum atomic E-state index is 12.1. The molecule has 0 atom stereocenters. The van der Waals surface area contributed by atoms with Crippen molar-refractivity contribution in [3.05, 3.63) is 59.2 Å². The molecule has 1 amide bonds. The lowest BCUT2D eigenvalue weighted by Gasteiger charge is -2.16. The zero-order chi connectivity index (χ0) is 17.1. The summed E-state index contributed by atoms with van der Waals surface area (Å²) in [5, 5.41) is 0. The van der Waals surface area contributed by atoms with Gasteiger partial charge in [-0.3, -0.25) is 9.59 Å². The van der Waals surface area contributed by atoms with Crippen LogP contribution < -0.4 is 9.64 Å². The predicted molar refractivity (Wildman–Crippen MR) is 93.8 cm³/mol. The molecule has 0 bridgehead atoms.